The highest BCUT2D eigenvalue weighted by molar-refractivity contribution is 5.91. The van der Waals surface area contributed by atoms with Crippen LogP contribution < -0.4 is 10.6 Å². The van der Waals surface area contributed by atoms with Gasteiger partial charge < -0.3 is 14.8 Å². The van der Waals surface area contributed by atoms with Crippen molar-refractivity contribution in [2.24, 2.45) is 11.8 Å². The number of hydrogen-bond donors (Lipinski definition) is 2. The Labute approximate surface area is 168 Å². The minimum atomic E-state index is 0.0671. The SMILES string of the molecule is CCN(CC)CCn1c(NC(=O)CC(C)C2CCCNC2)nc2ccccc21. The molecule has 0 bridgehead atoms. The molecule has 2 aromatic rings. The minimum Gasteiger partial charge on any atom is -0.316 e. The Morgan fingerprint density at radius 2 is 2.14 bits per heavy atom. The van der Waals surface area contributed by atoms with Crippen molar-refractivity contribution in [2.45, 2.75) is 46.6 Å². The maximum atomic E-state index is 12.7. The maximum absolute atomic E-state index is 12.7. The predicted molar refractivity (Wildman–Crippen MR) is 116 cm³/mol. The Hall–Kier alpha value is -1.92. The van der Waals surface area contributed by atoms with Crippen LogP contribution in [0.25, 0.3) is 11.0 Å². The van der Waals surface area contributed by atoms with Gasteiger partial charge in [-0.3, -0.25) is 10.1 Å². The summed E-state index contributed by atoms with van der Waals surface area (Å²) in [5, 5.41) is 6.55. The van der Waals surface area contributed by atoms with Crippen LogP contribution in [0.5, 0.6) is 0 Å². The van der Waals surface area contributed by atoms with Gasteiger partial charge in [0.2, 0.25) is 11.9 Å². The molecule has 0 radical (unpaired) electrons. The van der Waals surface area contributed by atoms with Gasteiger partial charge in [-0.1, -0.05) is 32.9 Å². The van der Waals surface area contributed by atoms with Crippen molar-refractivity contribution in [2.75, 3.05) is 38.0 Å². The molecule has 154 valence electrons. The standard InChI is InChI=1S/C22H35N5O/c1-4-26(5-2)13-14-27-20-11-7-6-10-19(20)24-22(27)25-21(28)15-17(3)18-9-8-12-23-16-18/h6-7,10-11,17-18,23H,4-5,8-9,12-16H2,1-3H3,(H,24,25,28). The average molecular weight is 386 g/mol. The van der Waals surface area contributed by atoms with Gasteiger partial charge in [0, 0.05) is 19.5 Å². The van der Waals surface area contributed by atoms with E-state index in [1.165, 1.54) is 12.8 Å². The van der Waals surface area contributed by atoms with E-state index in [1.807, 2.05) is 18.2 Å². The van der Waals surface area contributed by atoms with Crippen molar-refractivity contribution in [3.8, 4) is 0 Å². The third kappa shape index (κ3) is 5.11. The Morgan fingerprint density at radius 1 is 1.36 bits per heavy atom. The van der Waals surface area contributed by atoms with Crippen LogP contribution in [0.15, 0.2) is 24.3 Å². The second kappa shape index (κ2) is 10.0. The maximum Gasteiger partial charge on any atom is 0.226 e. The monoisotopic (exact) mass is 385 g/mol. The fraction of sp³-hybridized carbons (Fsp3) is 0.636. The topological polar surface area (TPSA) is 62.2 Å². The molecule has 3 rings (SSSR count). The number of aromatic nitrogens is 2. The lowest BCUT2D eigenvalue weighted by Gasteiger charge is -2.28. The van der Waals surface area contributed by atoms with Gasteiger partial charge in [0.25, 0.3) is 0 Å². The number of fused-ring (bicyclic) bond motifs is 1. The number of amides is 1. The first-order valence-electron chi connectivity index (χ1n) is 10.8. The second-order valence-electron chi connectivity index (χ2n) is 7.94. The average Bonchev–Trinajstić information content (AvgIpc) is 3.06. The molecule has 28 heavy (non-hydrogen) atoms. The van der Waals surface area contributed by atoms with Crippen molar-refractivity contribution >= 4 is 22.9 Å². The molecule has 6 nitrogen and oxygen atoms in total. The van der Waals surface area contributed by atoms with E-state index in [4.69, 9.17) is 4.98 Å². The predicted octanol–water partition coefficient (Wildman–Crippen LogP) is 3.34. The number of hydrogen-bond acceptors (Lipinski definition) is 4. The number of benzene rings is 1. The molecule has 2 unspecified atom stereocenters. The number of imidazole rings is 1. The summed E-state index contributed by atoms with van der Waals surface area (Å²) in [5.74, 6) is 1.70. The number of anilines is 1. The van der Waals surface area contributed by atoms with Crippen LogP contribution in [0.1, 0.15) is 40.0 Å². The molecule has 1 aliphatic rings. The Kier molecular flexibility index (Phi) is 7.45. The second-order valence-corrected chi connectivity index (χ2v) is 7.94. The van der Waals surface area contributed by atoms with Gasteiger partial charge in [0.05, 0.1) is 11.0 Å². The summed E-state index contributed by atoms with van der Waals surface area (Å²) in [6.07, 6.45) is 2.97. The van der Waals surface area contributed by atoms with Gasteiger partial charge in [0.1, 0.15) is 0 Å². The molecular formula is C22H35N5O. The van der Waals surface area contributed by atoms with Crippen molar-refractivity contribution < 1.29 is 4.79 Å². The summed E-state index contributed by atoms with van der Waals surface area (Å²) >= 11 is 0. The molecule has 1 amide bonds. The van der Waals surface area contributed by atoms with Crippen molar-refractivity contribution in [3.63, 3.8) is 0 Å². The molecule has 1 saturated heterocycles. The number of likely N-dealkylation sites (N-methyl/N-ethyl adjacent to an activating group) is 1. The highest BCUT2D eigenvalue weighted by atomic mass is 16.1. The third-order valence-corrected chi connectivity index (χ3v) is 6.09. The van der Waals surface area contributed by atoms with Crippen molar-refractivity contribution in [3.05, 3.63) is 24.3 Å². The van der Waals surface area contributed by atoms with Gasteiger partial charge in [-0.25, -0.2) is 4.98 Å². The molecule has 2 heterocycles. The van der Waals surface area contributed by atoms with Crippen LogP contribution in [-0.2, 0) is 11.3 Å². The lowest BCUT2D eigenvalue weighted by molar-refractivity contribution is -0.117. The molecule has 2 N–H and O–H groups in total. The first-order chi connectivity index (χ1) is 13.6. The van der Waals surface area contributed by atoms with Crippen LogP contribution in [0.4, 0.5) is 5.95 Å². The molecular weight excluding hydrogens is 350 g/mol. The molecule has 1 aromatic heterocycles. The van der Waals surface area contributed by atoms with Gasteiger partial charge >= 0.3 is 0 Å². The number of nitrogens with zero attached hydrogens (tertiary/aromatic N) is 3. The van der Waals surface area contributed by atoms with E-state index in [1.54, 1.807) is 0 Å². The number of piperidine rings is 1. The number of carbonyl (C=O) groups excluding carboxylic acids is 1. The number of rotatable bonds is 9. The summed E-state index contributed by atoms with van der Waals surface area (Å²) in [6.45, 7) is 12.5. The van der Waals surface area contributed by atoms with Gasteiger partial charge in [-0.15, -0.1) is 0 Å². The van der Waals surface area contributed by atoms with Crippen molar-refractivity contribution in [1.29, 1.82) is 0 Å². The van der Waals surface area contributed by atoms with Gasteiger partial charge in [-0.2, -0.15) is 0 Å². The first-order valence-corrected chi connectivity index (χ1v) is 10.8. The first kappa shape index (κ1) is 20.8. The summed E-state index contributed by atoms with van der Waals surface area (Å²) in [4.78, 5) is 19.8. The molecule has 2 atom stereocenters. The normalized spacial score (nSPS) is 18.5. The third-order valence-electron chi connectivity index (χ3n) is 6.09. The smallest absolute Gasteiger partial charge is 0.226 e. The number of para-hydroxylation sites is 2. The fourth-order valence-corrected chi connectivity index (χ4v) is 4.18. The summed E-state index contributed by atoms with van der Waals surface area (Å²) in [7, 11) is 0. The van der Waals surface area contributed by atoms with Crippen LogP contribution in [-0.4, -0.2) is 53.1 Å². The van der Waals surface area contributed by atoms with E-state index < -0.39 is 0 Å². The lowest BCUT2D eigenvalue weighted by Crippen LogP contribution is -2.34. The van der Waals surface area contributed by atoms with E-state index >= 15 is 0 Å². The highest BCUT2D eigenvalue weighted by Crippen LogP contribution is 2.24. The summed E-state index contributed by atoms with van der Waals surface area (Å²) in [6, 6.07) is 8.11. The van der Waals surface area contributed by atoms with Gasteiger partial charge in [0.15, 0.2) is 0 Å². The fourth-order valence-electron chi connectivity index (χ4n) is 4.18. The Bertz CT molecular complexity index is 761. The van der Waals surface area contributed by atoms with Crippen molar-refractivity contribution in [1.82, 2.24) is 19.8 Å². The molecule has 1 aromatic carbocycles. The zero-order valence-electron chi connectivity index (χ0n) is 17.6. The molecule has 0 aliphatic carbocycles. The summed E-state index contributed by atoms with van der Waals surface area (Å²) in [5.41, 5.74) is 2.01. The quantitative estimate of drug-likeness (QED) is 0.695. The van der Waals surface area contributed by atoms with E-state index in [0.29, 0.717) is 24.2 Å². The molecule has 1 aliphatic heterocycles. The van der Waals surface area contributed by atoms with Crippen LogP contribution in [0.2, 0.25) is 0 Å². The summed E-state index contributed by atoms with van der Waals surface area (Å²) < 4.78 is 2.15. The Morgan fingerprint density at radius 3 is 2.86 bits per heavy atom. The van der Waals surface area contributed by atoms with E-state index in [0.717, 1.165) is 50.3 Å². The largest absolute Gasteiger partial charge is 0.316 e. The molecule has 1 fully saturated rings. The van der Waals surface area contributed by atoms with E-state index in [9.17, 15) is 4.79 Å². The van der Waals surface area contributed by atoms with Crippen LogP contribution >= 0.6 is 0 Å². The molecule has 0 saturated carbocycles. The van der Waals surface area contributed by atoms with E-state index in [2.05, 4.69) is 46.9 Å². The highest BCUT2D eigenvalue weighted by Gasteiger charge is 2.23. The number of nitrogens with one attached hydrogen (secondary N) is 2. The minimum absolute atomic E-state index is 0.0671. The Balaban J connectivity index is 1.70. The zero-order valence-corrected chi connectivity index (χ0v) is 17.6. The van der Waals surface area contributed by atoms with Crippen LogP contribution in [0, 0.1) is 11.8 Å². The van der Waals surface area contributed by atoms with Gasteiger partial charge in [-0.05, 0) is 63.0 Å². The molecule has 6 heteroatoms. The lowest BCUT2D eigenvalue weighted by atomic mass is 9.85. The van der Waals surface area contributed by atoms with Crippen LogP contribution in [0.3, 0.4) is 0 Å². The van der Waals surface area contributed by atoms with E-state index in [-0.39, 0.29) is 5.91 Å². The molecule has 0 spiro atoms. The zero-order chi connectivity index (χ0) is 19.9. The number of carbonyl (C=O) groups is 1.